The third-order valence-electron chi connectivity index (χ3n) is 4.24. The normalized spacial score (nSPS) is 17.7. The standard InChI is InChI=1S/C19H31NO/c1-4-8-15-9-7-10-17(14-15)18(20-13-5-2)19(21-6-3)16-11-12-16/h7,9-10,14,16,18-20H,4-6,8,11-13H2,1-3H3. The average Bonchev–Trinajstić information content (AvgIpc) is 3.32. The minimum atomic E-state index is 0.332. The highest BCUT2D eigenvalue weighted by Gasteiger charge is 2.37. The predicted octanol–water partition coefficient (Wildman–Crippen LogP) is 4.49. The van der Waals surface area contributed by atoms with Crippen molar-refractivity contribution in [2.45, 2.75) is 65.0 Å². The summed E-state index contributed by atoms with van der Waals surface area (Å²) in [6.07, 6.45) is 6.51. The van der Waals surface area contributed by atoms with E-state index in [0.29, 0.717) is 12.1 Å². The van der Waals surface area contributed by atoms with Crippen LogP contribution in [0, 0.1) is 5.92 Å². The highest BCUT2D eigenvalue weighted by molar-refractivity contribution is 5.27. The maximum absolute atomic E-state index is 6.12. The largest absolute Gasteiger partial charge is 0.376 e. The molecule has 1 N–H and O–H groups in total. The minimum Gasteiger partial charge on any atom is -0.376 e. The molecule has 0 bridgehead atoms. The molecule has 0 spiro atoms. The van der Waals surface area contributed by atoms with E-state index in [1.165, 1.54) is 30.4 Å². The van der Waals surface area contributed by atoms with Gasteiger partial charge in [0, 0.05) is 6.61 Å². The molecule has 0 aromatic heterocycles. The third kappa shape index (κ3) is 4.82. The van der Waals surface area contributed by atoms with Crippen LogP contribution >= 0.6 is 0 Å². The summed E-state index contributed by atoms with van der Waals surface area (Å²) in [6.45, 7) is 8.44. The van der Waals surface area contributed by atoms with Gasteiger partial charge in [-0.05, 0) is 56.2 Å². The van der Waals surface area contributed by atoms with Gasteiger partial charge in [0.05, 0.1) is 12.1 Å². The Kier molecular flexibility index (Phi) is 6.72. The molecular weight excluding hydrogens is 258 g/mol. The summed E-state index contributed by atoms with van der Waals surface area (Å²) in [5.74, 6) is 0.745. The van der Waals surface area contributed by atoms with E-state index in [2.05, 4.69) is 50.4 Å². The van der Waals surface area contributed by atoms with Crippen molar-refractivity contribution in [3.8, 4) is 0 Å². The lowest BCUT2D eigenvalue weighted by Crippen LogP contribution is -2.36. The Morgan fingerprint density at radius 3 is 2.62 bits per heavy atom. The van der Waals surface area contributed by atoms with Crippen molar-refractivity contribution in [2.75, 3.05) is 13.2 Å². The van der Waals surface area contributed by atoms with Crippen molar-refractivity contribution >= 4 is 0 Å². The van der Waals surface area contributed by atoms with Gasteiger partial charge >= 0.3 is 0 Å². The van der Waals surface area contributed by atoms with Crippen LogP contribution in [0.25, 0.3) is 0 Å². The molecule has 0 aliphatic heterocycles. The zero-order chi connectivity index (χ0) is 15.1. The van der Waals surface area contributed by atoms with Gasteiger partial charge in [0.25, 0.3) is 0 Å². The smallest absolute Gasteiger partial charge is 0.0797 e. The summed E-state index contributed by atoms with van der Waals surface area (Å²) < 4.78 is 6.12. The van der Waals surface area contributed by atoms with Crippen LogP contribution in [0.5, 0.6) is 0 Å². The van der Waals surface area contributed by atoms with E-state index in [1.807, 2.05) is 0 Å². The SMILES string of the molecule is CCCNC(c1cccc(CCC)c1)C(OCC)C1CC1. The van der Waals surface area contributed by atoms with Crippen molar-refractivity contribution in [3.05, 3.63) is 35.4 Å². The monoisotopic (exact) mass is 289 g/mol. The van der Waals surface area contributed by atoms with Gasteiger partial charge in [-0.25, -0.2) is 0 Å². The van der Waals surface area contributed by atoms with Crippen LogP contribution in [0.1, 0.15) is 63.6 Å². The van der Waals surface area contributed by atoms with Gasteiger partial charge in [-0.2, -0.15) is 0 Å². The lowest BCUT2D eigenvalue weighted by Gasteiger charge is -2.29. The highest BCUT2D eigenvalue weighted by Crippen LogP contribution is 2.40. The van der Waals surface area contributed by atoms with Crippen molar-refractivity contribution in [2.24, 2.45) is 5.92 Å². The van der Waals surface area contributed by atoms with Crippen molar-refractivity contribution in [1.29, 1.82) is 0 Å². The third-order valence-corrected chi connectivity index (χ3v) is 4.24. The summed E-state index contributed by atoms with van der Waals surface area (Å²) in [5.41, 5.74) is 2.85. The Morgan fingerprint density at radius 2 is 2.00 bits per heavy atom. The Labute approximate surface area is 130 Å². The van der Waals surface area contributed by atoms with Gasteiger partial charge in [-0.1, -0.05) is 44.5 Å². The van der Waals surface area contributed by atoms with Gasteiger partial charge < -0.3 is 10.1 Å². The van der Waals surface area contributed by atoms with Crippen LogP contribution < -0.4 is 5.32 Å². The average molecular weight is 289 g/mol. The van der Waals surface area contributed by atoms with Crippen LogP contribution in [0.4, 0.5) is 0 Å². The molecular formula is C19H31NO. The molecule has 1 aromatic rings. The number of benzene rings is 1. The molecule has 2 unspecified atom stereocenters. The van der Waals surface area contributed by atoms with Crippen molar-refractivity contribution in [3.63, 3.8) is 0 Å². The van der Waals surface area contributed by atoms with Crippen LogP contribution in [0.15, 0.2) is 24.3 Å². The fraction of sp³-hybridized carbons (Fsp3) is 0.684. The van der Waals surface area contributed by atoms with Crippen LogP contribution in [0.2, 0.25) is 0 Å². The van der Waals surface area contributed by atoms with Gasteiger partial charge in [-0.3, -0.25) is 0 Å². The molecule has 1 aromatic carbocycles. The second-order valence-electron chi connectivity index (χ2n) is 6.18. The Hall–Kier alpha value is -0.860. The molecule has 2 rings (SSSR count). The van der Waals surface area contributed by atoms with Crippen LogP contribution in [0.3, 0.4) is 0 Å². The van der Waals surface area contributed by atoms with E-state index in [-0.39, 0.29) is 0 Å². The highest BCUT2D eigenvalue weighted by atomic mass is 16.5. The van der Waals surface area contributed by atoms with E-state index in [9.17, 15) is 0 Å². The fourth-order valence-electron chi connectivity index (χ4n) is 3.08. The number of hydrogen-bond donors (Lipinski definition) is 1. The molecule has 0 heterocycles. The second-order valence-corrected chi connectivity index (χ2v) is 6.18. The van der Waals surface area contributed by atoms with Gasteiger partial charge in [0.15, 0.2) is 0 Å². The number of hydrogen-bond acceptors (Lipinski definition) is 2. The first-order valence-corrected chi connectivity index (χ1v) is 8.73. The summed E-state index contributed by atoms with van der Waals surface area (Å²) >= 11 is 0. The molecule has 21 heavy (non-hydrogen) atoms. The fourth-order valence-corrected chi connectivity index (χ4v) is 3.08. The van der Waals surface area contributed by atoms with E-state index in [1.54, 1.807) is 0 Å². The number of aryl methyl sites for hydroxylation is 1. The number of nitrogens with one attached hydrogen (secondary N) is 1. The number of rotatable bonds is 10. The lowest BCUT2D eigenvalue weighted by atomic mass is 9.95. The Balaban J connectivity index is 2.18. The summed E-state index contributed by atoms with van der Waals surface area (Å²) in [7, 11) is 0. The summed E-state index contributed by atoms with van der Waals surface area (Å²) in [5, 5.41) is 3.74. The summed E-state index contributed by atoms with van der Waals surface area (Å²) in [6, 6.07) is 9.44. The molecule has 0 radical (unpaired) electrons. The van der Waals surface area contributed by atoms with Crippen molar-refractivity contribution < 1.29 is 4.74 Å². The second kappa shape index (κ2) is 8.55. The maximum atomic E-state index is 6.12. The molecule has 2 nitrogen and oxygen atoms in total. The molecule has 2 atom stereocenters. The topological polar surface area (TPSA) is 21.3 Å². The quantitative estimate of drug-likeness (QED) is 0.685. The van der Waals surface area contributed by atoms with Gasteiger partial charge in [0.1, 0.15) is 0 Å². The first kappa shape index (κ1) is 16.5. The predicted molar refractivity (Wildman–Crippen MR) is 89.6 cm³/mol. The molecule has 0 saturated heterocycles. The van der Waals surface area contributed by atoms with E-state index in [4.69, 9.17) is 4.74 Å². The number of ether oxygens (including phenoxy) is 1. The molecule has 1 fully saturated rings. The first-order valence-electron chi connectivity index (χ1n) is 8.73. The Bertz CT molecular complexity index is 414. The zero-order valence-corrected chi connectivity index (χ0v) is 13.9. The first-order chi connectivity index (χ1) is 10.3. The molecule has 2 heteroatoms. The van der Waals surface area contributed by atoms with E-state index < -0.39 is 0 Å². The van der Waals surface area contributed by atoms with Gasteiger partial charge in [-0.15, -0.1) is 0 Å². The maximum Gasteiger partial charge on any atom is 0.0797 e. The van der Waals surface area contributed by atoms with Crippen LogP contribution in [-0.2, 0) is 11.2 Å². The molecule has 118 valence electrons. The molecule has 0 amide bonds. The molecule has 1 saturated carbocycles. The van der Waals surface area contributed by atoms with Crippen LogP contribution in [-0.4, -0.2) is 19.3 Å². The molecule has 1 aliphatic rings. The Morgan fingerprint density at radius 1 is 1.19 bits per heavy atom. The minimum absolute atomic E-state index is 0.332. The van der Waals surface area contributed by atoms with E-state index in [0.717, 1.165) is 31.9 Å². The summed E-state index contributed by atoms with van der Waals surface area (Å²) in [4.78, 5) is 0. The van der Waals surface area contributed by atoms with E-state index >= 15 is 0 Å². The lowest BCUT2D eigenvalue weighted by molar-refractivity contribution is 0.0186. The molecule has 1 aliphatic carbocycles. The van der Waals surface area contributed by atoms with Gasteiger partial charge in [0.2, 0.25) is 0 Å². The zero-order valence-electron chi connectivity index (χ0n) is 13.9. The van der Waals surface area contributed by atoms with Crippen molar-refractivity contribution in [1.82, 2.24) is 5.32 Å².